The zero-order valence-corrected chi connectivity index (χ0v) is 13.6. The number of benzene rings is 1. The highest BCUT2D eigenvalue weighted by molar-refractivity contribution is 7.92. The van der Waals surface area contributed by atoms with Crippen molar-refractivity contribution >= 4 is 15.7 Å². The summed E-state index contributed by atoms with van der Waals surface area (Å²) in [5.41, 5.74) is 1.71. The lowest BCUT2D eigenvalue weighted by Gasteiger charge is -2.12. The van der Waals surface area contributed by atoms with Gasteiger partial charge >= 0.3 is 0 Å². The molecule has 2 N–H and O–H groups in total. The fourth-order valence-electron chi connectivity index (χ4n) is 1.69. The van der Waals surface area contributed by atoms with Crippen LogP contribution in [-0.4, -0.2) is 20.2 Å². The van der Waals surface area contributed by atoms with Crippen molar-refractivity contribution in [3.05, 3.63) is 29.8 Å². The first-order chi connectivity index (χ1) is 9.28. The summed E-state index contributed by atoms with van der Waals surface area (Å²) in [4.78, 5) is 0. The summed E-state index contributed by atoms with van der Waals surface area (Å²) in [5.74, 6) is 0.548. The minimum atomic E-state index is -3.25. The van der Waals surface area contributed by atoms with E-state index in [0.29, 0.717) is 24.1 Å². The van der Waals surface area contributed by atoms with E-state index in [1.165, 1.54) is 0 Å². The van der Waals surface area contributed by atoms with E-state index in [1.54, 1.807) is 6.07 Å². The third-order valence-electron chi connectivity index (χ3n) is 2.88. The van der Waals surface area contributed by atoms with E-state index in [4.69, 9.17) is 0 Å². The van der Waals surface area contributed by atoms with Crippen molar-refractivity contribution in [1.29, 1.82) is 0 Å². The maximum absolute atomic E-state index is 12.0. The van der Waals surface area contributed by atoms with Gasteiger partial charge in [-0.15, -0.1) is 0 Å². The van der Waals surface area contributed by atoms with Gasteiger partial charge in [-0.2, -0.15) is 0 Å². The van der Waals surface area contributed by atoms with Gasteiger partial charge in [-0.25, -0.2) is 8.42 Å². The normalized spacial score (nSPS) is 12.1. The zero-order chi connectivity index (χ0) is 15.2. The Balaban J connectivity index is 2.65. The Kier molecular flexibility index (Phi) is 6.49. The summed E-state index contributed by atoms with van der Waals surface area (Å²) in [6, 6.07) is 7.92. The second-order valence-electron chi connectivity index (χ2n) is 5.84. The average Bonchev–Trinajstić information content (AvgIpc) is 2.34. The van der Waals surface area contributed by atoms with Crippen LogP contribution in [0.2, 0.25) is 0 Å². The van der Waals surface area contributed by atoms with E-state index in [-0.39, 0.29) is 5.75 Å². The molecule has 0 saturated carbocycles. The van der Waals surface area contributed by atoms with Crippen LogP contribution in [0.3, 0.4) is 0 Å². The highest BCUT2D eigenvalue weighted by atomic mass is 32.2. The molecule has 4 nitrogen and oxygen atoms in total. The first-order valence-corrected chi connectivity index (χ1v) is 8.76. The van der Waals surface area contributed by atoms with Crippen molar-refractivity contribution in [1.82, 2.24) is 5.32 Å². The van der Waals surface area contributed by atoms with Crippen LogP contribution in [0, 0.1) is 5.92 Å². The smallest absolute Gasteiger partial charge is 0.232 e. The Morgan fingerprint density at radius 1 is 1.15 bits per heavy atom. The number of sulfonamides is 1. The molecule has 0 amide bonds. The van der Waals surface area contributed by atoms with E-state index < -0.39 is 10.0 Å². The van der Waals surface area contributed by atoms with E-state index in [0.717, 1.165) is 12.1 Å². The lowest BCUT2D eigenvalue weighted by atomic mass is 10.2. The molecule has 5 heteroatoms. The monoisotopic (exact) mass is 298 g/mol. The molecular formula is C15H26N2O2S. The molecule has 0 atom stereocenters. The van der Waals surface area contributed by atoms with Crippen LogP contribution in [0.25, 0.3) is 0 Å². The van der Waals surface area contributed by atoms with Gasteiger partial charge < -0.3 is 5.32 Å². The molecule has 1 aromatic rings. The lowest BCUT2D eigenvalue weighted by molar-refractivity contribution is 0.578. The van der Waals surface area contributed by atoms with Gasteiger partial charge in [-0.3, -0.25) is 4.72 Å². The maximum atomic E-state index is 12.0. The Morgan fingerprint density at radius 3 is 2.45 bits per heavy atom. The highest BCUT2D eigenvalue weighted by Gasteiger charge is 2.11. The number of anilines is 1. The van der Waals surface area contributed by atoms with Gasteiger partial charge in [0.25, 0.3) is 0 Å². The summed E-state index contributed by atoms with van der Waals surface area (Å²) in [5, 5.41) is 3.31. The van der Waals surface area contributed by atoms with Crippen LogP contribution in [0.5, 0.6) is 0 Å². The molecule has 0 aliphatic rings. The molecule has 0 radical (unpaired) electrons. The molecule has 0 aliphatic carbocycles. The van der Waals surface area contributed by atoms with Gasteiger partial charge in [0.05, 0.1) is 5.75 Å². The minimum absolute atomic E-state index is 0.166. The summed E-state index contributed by atoms with van der Waals surface area (Å²) in [6.07, 6.45) is 0.671. The van der Waals surface area contributed by atoms with Gasteiger partial charge in [-0.1, -0.05) is 39.8 Å². The predicted octanol–water partition coefficient (Wildman–Crippen LogP) is 2.97. The molecule has 20 heavy (non-hydrogen) atoms. The molecule has 0 unspecified atom stereocenters. The van der Waals surface area contributed by atoms with Crippen molar-refractivity contribution in [2.24, 2.45) is 5.92 Å². The zero-order valence-electron chi connectivity index (χ0n) is 12.8. The molecule has 1 rings (SSSR count). The van der Waals surface area contributed by atoms with E-state index >= 15 is 0 Å². The molecule has 0 spiro atoms. The van der Waals surface area contributed by atoms with Crippen LogP contribution in [0.1, 0.15) is 39.7 Å². The second-order valence-corrected chi connectivity index (χ2v) is 7.68. The van der Waals surface area contributed by atoms with E-state index in [9.17, 15) is 8.42 Å². The topological polar surface area (TPSA) is 58.2 Å². The van der Waals surface area contributed by atoms with Gasteiger partial charge in [0, 0.05) is 18.3 Å². The third-order valence-corrected chi connectivity index (χ3v) is 4.20. The second kappa shape index (κ2) is 7.64. The number of nitrogens with one attached hydrogen (secondary N) is 2. The SMILES string of the molecule is CC(C)CCS(=O)(=O)Nc1cccc(CNC(C)C)c1. The van der Waals surface area contributed by atoms with Gasteiger partial charge in [0.1, 0.15) is 0 Å². The number of hydrogen-bond acceptors (Lipinski definition) is 3. The van der Waals surface area contributed by atoms with Gasteiger partial charge in [0.15, 0.2) is 0 Å². The molecule has 114 valence electrons. The van der Waals surface area contributed by atoms with Gasteiger partial charge in [0.2, 0.25) is 10.0 Å². The average molecular weight is 298 g/mol. The number of rotatable bonds is 8. The van der Waals surface area contributed by atoms with E-state index in [1.807, 2.05) is 32.0 Å². The Labute approximate surface area is 123 Å². The highest BCUT2D eigenvalue weighted by Crippen LogP contribution is 2.14. The molecule has 0 heterocycles. The summed E-state index contributed by atoms with van der Waals surface area (Å²) in [7, 11) is -3.25. The van der Waals surface area contributed by atoms with Crippen LogP contribution >= 0.6 is 0 Å². The largest absolute Gasteiger partial charge is 0.310 e. The van der Waals surface area contributed by atoms with Crippen LogP contribution < -0.4 is 10.0 Å². The van der Waals surface area contributed by atoms with E-state index in [2.05, 4.69) is 23.9 Å². The van der Waals surface area contributed by atoms with Crippen molar-refractivity contribution in [2.45, 2.75) is 46.7 Å². The molecule has 0 saturated heterocycles. The van der Waals surface area contributed by atoms with Crippen molar-refractivity contribution in [2.75, 3.05) is 10.5 Å². The summed E-state index contributed by atoms with van der Waals surface area (Å²) < 4.78 is 26.6. The first kappa shape index (κ1) is 17.0. The van der Waals surface area contributed by atoms with Crippen LogP contribution in [-0.2, 0) is 16.6 Å². The molecule has 0 aromatic heterocycles. The molecule has 0 bridgehead atoms. The standard InChI is InChI=1S/C15H26N2O2S/c1-12(2)8-9-20(18,19)17-15-7-5-6-14(10-15)11-16-13(3)4/h5-7,10,12-13,16-17H,8-9,11H2,1-4H3. The minimum Gasteiger partial charge on any atom is -0.310 e. The van der Waals surface area contributed by atoms with Crippen LogP contribution in [0.15, 0.2) is 24.3 Å². The first-order valence-electron chi connectivity index (χ1n) is 7.11. The Hall–Kier alpha value is -1.07. The fraction of sp³-hybridized carbons (Fsp3) is 0.600. The quantitative estimate of drug-likeness (QED) is 0.775. The Bertz CT molecular complexity index is 510. The molecular weight excluding hydrogens is 272 g/mol. The molecule has 0 fully saturated rings. The predicted molar refractivity (Wildman–Crippen MR) is 85.3 cm³/mol. The molecule has 1 aromatic carbocycles. The summed E-state index contributed by atoms with van der Waals surface area (Å²) >= 11 is 0. The fourth-order valence-corrected chi connectivity index (χ4v) is 3.06. The summed E-state index contributed by atoms with van der Waals surface area (Å²) in [6.45, 7) is 8.94. The van der Waals surface area contributed by atoms with Gasteiger partial charge in [-0.05, 0) is 30.0 Å². The Morgan fingerprint density at radius 2 is 1.85 bits per heavy atom. The van der Waals surface area contributed by atoms with Crippen molar-refractivity contribution in [3.8, 4) is 0 Å². The number of hydrogen-bond donors (Lipinski definition) is 2. The van der Waals surface area contributed by atoms with Crippen LogP contribution in [0.4, 0.5) is 5.69 Å². The third kappa shape index (κ3) is 6.91. The maximum Gasteiger partial charge on any atom is 0.232 e. The lowest BCUT2D eigenvalue weighted by Crippen LogP contribution is -2.22. The van der Waals surface area contributed by atoms with Crippen molar-refractivity contribution < 1.29 is 8.42 Å². The van der Waals surface area contributed by atoms with Crippen molar-refractivity contribution in [3.63, 3.8) is 0 Å². The molecule has 0 aliphatic heterocycles.